The van der Waals surface area contributed by atoms with E-state index in [1.54, 1.807) is 59.9 Å². The summed E-state index contributed by atoms with van der Waals surface area (Å²) in [6, 6.07) is 0. The number of nitrogens with one attached hydrogen (secondary N) is 2. The number of rotatable bonds is 8. The quantitative estimate of drug-likeness (QED) is 0.0789. The summed E-state index contributed by atoms with van der Waals surface area (Å²) in [6.45, 7) is 2.45. The number of aliphatic imine (C=N–C) groups is 1. The normalized spacial score (nSPS) is 25.4. The molecular weight excluding hydrogens is 583 g/mol. The van der Waals surface area contributed by atoms with Crippen LogP contribution in [0, 0.1) is 11.3 Å². The van der Waals surface area contributed by atoms with Gasteiger partial charge in [-0.3, -0.25) is 9.79 Å². The first-order valence-corrected chi connectivity index (χ1v) is 12.4. The van der Waals surface area contributed by atoms with Gasteiger partial charge >= 0.3 is 0 Å². The average Bonchev–Trinajstić information content (AvgIpc) is 2.78. The van der Waals surface area contributed by atoms with Gasteiger partial charge in [-0.2, -0.15) is 8.78 Å². The summed E-state index contributed by atoms with van der Waals surface area (Å²) in [6.07, 6.45) is 13.3. The maximum absolute atomic E-state index is 13.3. The molecule has 0 spiro atoms. The minimum atomic E-state index is -3.32. The zero-order valence-electron chi connectivity index (χ0n) is 20.7. The molecule has 2 aliphatic rings. The predicted molar refractivity (Wildman–Crippen MR) is 146 cm³/mol. The van der Waals surface area contributed by atoms with E-state index >= 15 is 0 Å². The van der Waals surface area contributed by atoms with E-state index in [1.165, 1.54) is 12.2 Å². The fraction of sp³-hybridized carbons (Fsp3) is 0.440. The van der Waals surface area contributed by atoms with E-state index in [9.17, 15) is 18.7 Å². The van der Waals surface area contributed by atoms with Gasteiger partial charge in [0, 0.05) is 39.0 Å². The molecule has 2 aliphatic carbocycles. The first-order chi connectivity index (χ1) is 16.7. The average molecular weight is 615 g/mol. The zero-order chi connectivity index (χ0) is 27.1. The van der Waals surface area contributed by atoms with E-state index in [0.717, 1.165) is 31.8 Å². The highest BCUT2D eigenvalue weighted by Gasteiger charge is 2.28. The second kappa shape index (κ2) is 12.5. The summed E-state index contributed by atoms with van der Waals surface area (Å²) in [5.41, 5.74) is 0.385. The van der Waals surface area contributed by atoms with Gasteiger partial charge in [-0.05, 0) is 85.4 Å². The number of nitrogens with zero attached hydrogens (tertiary/aromatic N) is 3. The van der Waals surface area contributed by atoms with Crippen LogP contribution in [0.3, 0.4) is 0 Å². The van der Waals surface area contributed by atoms with Gasteiger partial charge in [0.15, 0.2) is 0 Å². The highest BCUT2D eigenvalue weighted by atomic mass is 127. The maximum atomic E-state index is 13.3. The molecule has 0 aromatic heterocycles. The van der Waals surface area contributed by atoms with E-state index in [4.69, 9.17) is 10.6 Å². The Bertz CT molecular complexity index is 1070. The number of likely N-dealkylation sites (N-methyl/N-ethyl adjacent to an activating group) is 1. The Labute approximate surface area is 223 Å². The Morgan fingerprint density at radius 3 is 2.53 bits per heavy atom. The lowest BCUT2D eigenvalue weighted by Gasteiger charge is -2.31. The summed E-state index contributed by atoms with van der Waals surface area (Å²) >= 11 is 1.78. The van der Waals surface area contributed by atoms with Gasteiger partial charge < -0.3 is 25.9 Å². The smallest absolute Gasteiger partial charge is 0.290 e. The van der Waals surface area contributed by atoms with Crippen LogP contribution in [0.2, 0.25) is 0 Å². The largest absolute Gasteiger partial charge is 0.410 e. The Hall–Kier alpha value is -2.67. The van der Waals surface area contributed by atoms with Crippen LogP contribution in [0.15, 0.2) is 67.3 Å². The maximum Gasteiger partial charge on any atom is 0.290 e. The van der Waals surface area contributed by atoms with Crippen molar-refractivity contribution in [3.8, 4) is 0 Å². The summed E-state index contributed by atoms with van der Waals surface area (Å²) in [5.74, 6) is -3.53. The molecule has 8 nitrogen and oxygen atoms in total. The molecule has 36 heavy (non-hydrogen) atoms. The number of hydrogen-bond donors (Lipinski definition) is 4. The fourth-order valence-electron chi connectivity index (χ4n) is 3.59. The molecule has 2 rings (SSSR count). The van der Waals surface area contributed by atoms with Crippen molar-refractivity contribution < 1.29 is 23.9 Å². The minimum absolute atomic E-state index is 0.206. The number of hydrogen-bond acceptors (Lipinski definition) is 7. The van der Waals surface area contributed by atoms with Gasteiger partial charge in [0.1, 0.15) is 5.71 Å². The van der Waals surface area contributed by atoms with Gasteiger partial charge in [0.2, 0.25) is 0 Å². The Morgan fingerprint density at radius 2 is 1.97 bits per heavy atom. The Kier molecular flexibility index (Phi) is 10.3. The number of amides is 1. The molecule has 1 fully saturated rings. The Morgan fingerprint density at radius 1 is 1.33 bits per heavy atom. The molecule has 4 N–H and O–H groups in total. The third-order valence-corrected chi connectivity index (χ3v) is 6.64. The zero-order valence-corrected chi connectivity index (χ0v) is 22.9. The lowest BCUT2D eigenvalue weighted by Crippen LogP contribution is -2.30. The molecule has 1 saturated carbocycles. The van der Waals surface area contributed by atoms with Crippen molar-refractivity contribution in [1.29, 1.82) is 5.41 Å². The summed E-state index contributed by atoms with van der Waals surface area (Å²) in [5, 5.41) is 32.5. The standard InChI is InChI=1S/C25H32F2IN5O3/c1-24(35)10-8-16(9-11-24)14-30-15-17-12-20(21(33(3)4)13-19(17)29)31-23(34)18(28)6-5-7-22(32-36)25(2,26)27/h5-7,12-16,29,35-36H,8-11H2,1-4H3,(H,31,34)/b7-5-,17-15-,18-6-,29-19?,30-14?,32-22-. The highest BCUT2D eigenvalue weighted by molar-refractivity contribution is 14.1. The van der Waals surface area contributed by atoms with Crippen molar-refractivity contribution >= 4 is 46.1 Å². The van der Waals surface area contributed by atoms with E-state index in [1.807, 2.05) is 13.1 Å². The van der Waals surface area contributed by atoms with E-state index < -0.39 is 23.1 Å². The van der Waals surface area contributed by atoms with Crippen LogP contribution in [-0.2, 0) is 4.79 Å². The second-order valence-corrected chi connectivity index (χ2v) is 10.5. The van der Waals surface area contributed by atoms with Crippen LogP contribution in [0.5, 0.6) is 0 Å². The topological polar surface area (TPSA) is 121 Å². The number of aliphatic hydroxyl groups is 1. The van der Waals surface area contributed by atoms with Gasteiger partial charge in [-0.15, -0.1) is 0 Å². The third-order valence-electron chi connectivity index (χ3n) is 5.79. The SMILES string of the molecule is CN(C)C1=CC(=N)/C(=C\N=CC2CCC(C)(O)CC2)C=C1NC(=O)/C(I)=C/C=C\C(=N\O)C(C)(F)F. The van der Waals surface area contributed by atoms with Gasteiger partial charge in [0.25, 0.3) is 11.8 Å². The molecule has 0 aromatic carbocycles. The van der Waals surface area contributed by atoms with Gasteiger partial charge in [-0.25, -0.2) is 0 Å². The van der Waals surface area contributed by atoms with Crippen molar-refractivity contribution in [2.75, 3.05) is 14.1 Å². The van der Waals surface area contributed by atoms with Crippen LogP contribution < -0.4 is 5.32 Å². The molecule has 0 heterocycles. The first kappa shape index (κ1) is 29.6. The summed E-state index contributed by atoms with van der Waals surface area (Å²) < 4.78 is 26.8. The molecule has 0 aliphatic heterocycles. The molecule has 0 saturated heterocycles. The van der Waals surface area contributed by atoms with Crippen LogP contribution >= 0.6 is 22.6 Å². The first-order valence-electron chi connectivity index (χ1n) is 11.3. The lowest BCUT2D eigenvalue weighted by molar-refractivity contribution is -0.116. The third kappa shape index (κ3) is 8.77. The number of carbonyl (C=O) groups excluding carboxylic acids is 1. The van der Waals surface area contributed by atoms with Crippen LogP contribution in [0.4, 0.5) is 8.78 Å². The van der Waals surface area contributed by atoms with E-state index in [2.05, 4.69) is 15.5 Å². The Balaban J connectivity index is 2.17. The monoisotopic (exact) mass is 615 g/mol. The fourth-order valence-corrected chi connectivity index (χ4v) is 3.93. The van der Waals surface area contributed by atoms with E-state index in [0.29, 0.717) is 23.9 Å². The number of oxime groups is 1. The molecule has 0 bridgehead atoms. The molecule has 0 unspecified atom stereocenters. The van der Waals surface area contributed by atoms with Crippen molar-refractivity contribution in [1.82, 2.24) is 10.2 Å². The molecule has 0 radical (unpaired) electrons. The lowest BCUT2D eigenvalue weighted by atomic mass is 9.80. The number of allylic oxidation sites excluding steroid dienone is 6. The number of halogens is 3. The van der Waals surface area contributed by atoms with Crippen LogP contribution in [0.1, 0.15) is 39.5 Å². The molecular formula is C25H32F2IN5O3. The van der Waals surface area contributed by atoms with Gasteiger partial charge in [0.05, 0.1) is 26.3 Å². The molecule has 0 aromatic rings. The minimum Gasteiger partial charge on any atom is -0.410 e. The second-order valence-electron chi connectivity index (χ2n) is 9.31. The van der Waals surface area contributed by atoms with Crippen molar-refractivity contribution in [3.63, 3.8) is 0 Å². The van der Waals surface area contributed by atoms with Crippen molar-refractivity contribution in [2.45, 2.75) is 51.1 Å². The molecule has 11 heteroatoms. The van der Waals surface area contributed by atoms with Gasteiger partial charge in [-0.1, -0.05) is 11.2 Å². The molecule has 0 atom stereocenters. The summed E-state index contributed by atoms with van der Waals surface area (Å²) in [4.78, 5) is 18.9. The van der Waals surface area contributed by atoms with Crippen molar-refractivity contribution in [2.24, 2.45) is 16.1 Å². The van der Waals surface area contributed by atoms with Crippen molar-refractivity contribution in [3.05, 3.63) is 57.1 Å². The molecule has 1 amide bonds. The highest BCUT2D eigenvalue weighted by Crippen LogP contribution is 2.30. The number of carbonyl (C=O) groups is 1. The van der Waals surface area contributed by atoms with Crippen LogP contribution in [-0.4, -0.2) is 64.4 Å². The summed E-state index contributed by atoms with van der Waals surface area (Å²) in [7, 11) is 3.57. The predicted octanol–water partition coefficient (Wildman–Crippen LogP) is 4.72. The molecule has 196 valence electrons. The number of alkyl halides is 2. The van der Waals surface area contributed by atoms with E-state index in [-0.39, 0.29) is 15.2 Å². The van der Waals surface area contributed by atoms with Crippen LogP contribution in [0.25, 0.3) is 0 Å².